The SMILES string of the molecule is C[C@@H](Sc1nnc(C2CC2)n1-c1ccccc1)C(=O)N[C@@H]1CCCc2ccccc21. The maximum atomic E-state index is 13.0. The van der Waals surface area contributed by atoms with E-state index in [0.717, 1.165) is 48.8 Å². The second-order valence-electron chi connectivity index (χ2n) is 8.20. The van der Waals surface area contributed by atoms with Crippen molar-refractivity contribution in [1.29, 1.82) is 0 Å². The molecule has 2 atom stereocenters. The van der Waals surface area contributed by atoms with Crippen LogP contribution in [0.2, 0.25) is 0 Å². The maximum Gasteiger partial charge on any atom is 0.233 e. The van der Waals surface area contributed by atoms with Gasteiger partial charge in [-0.1, -0.05) is 54.2 Å². The van der Waals surface area contributed by atoms with Gasteiger partial charge in [-0.25, -0.2) is 0 Å². The van der Waals surface area contributed by atoms with Crippen molar-refractivity contribution in [2.45, 2.75) is 61.4 Å². The maximum absolute atomic E-state index is 13.0. The summed E-state index contributed by atoms with van der Waals surface area (Å²) in [6, 6.07) is 18.8. The Bertz CT molecular complexity index is 1040. The van der Waals surface area contributed by atoms with Gasteiger partial charge < -0.3 is 5.32 Å². The van der Waals surface area contributed by atoms with Gasteiger partial charge in [0.2, 0.25) is 5.91 Å². The molecule has 0 radical (unpaired) electrons. The molecule has 1 fully saturated rings. The fraction of sp³-hybridized carbons (Fsp3) is 0.375. The molecular weight excluding hydrogens is 392 g/mol. The van der Waals surface area contributed by atoms with Gasteiger partial charge >= 0.3 is 0 Å². The van der Waals surface area contributed by atoms with E-state index >= 15 is 0 Å². The molecule has 1 N–H and O–H groups in total. The van der Waals surface area contributed by atoms with Crippen LogP contribution in [0.1, 0.15) is 61.5 Å². The van der Waals surface area contributed by atoms with Crippen molar-refractivity contribution in [2.75, 3.05) is 0 Å². The third-order valence-corrected chi connectivity index (χ3v) is 7.00. The number of nitrogens with one attached hydrogen (secondary N) is 1. The number of hydrogen-bond acceptors (Lipinski definition) is 4. The number of fused-ring (bicyclic) bond motifs is 1. The number of para-hydroxylation sites is 1. The smallest absolute Gasteiger partial charge is 0.233 e. The van der Waals surface area contributed by atoms with Crippen molar-refractivity contribution in [3.63, 3.8) is 0 Å². The van der Waals surface area contributed by atoms with E-state index in [-0.39, 0.29) is 17.2 Å². The third-order valence-electron chi connectivity index (χ3n) is 5.95. The highest BCUT2D eigenvalue weighted by atomic mass is 32.2. The molecule has 2 aliphatic carbocycles. The minimum Gasteiger partial charge on any atom is -0.348 e. The lowest BCUT2D eigenvalue weighted by atomic mass is 9.88. The zero-order valence-electron chi connectivity index (χ0n) is 17.1. The first kappa shape index (κ1) is 19.4. The van der Waals surface area contributed by atoms with Crippen LogP contribution in [0.3, 0.4) is 0 Å². The molecule has 1 amide bonds. The molecule has 30 heavy (non-hydrogen) atoms. The van der Waals surface area contributed by atoms with Crippen LogP contribution in [0.5, 0.6) is 0 Å². The molecule has 3 aromatic rings. The molecule has 0 aliphatic heterocycles. The first-order valence-corrected chi connectivity index (χ1v) is 11.6. The molecule has 5 nitrogen and oxygen atoms in total. The Morgan fingerprint density at radius 1 is 1.07 bits per heavy atom. The van der Waals surface area contributed by atoms with Gasteiger partial charge in [0.05, 0.1) is 11.3 Å². The van der Waals surface area contributed by atoms with Gasteiger partial charge in [-0.2, -0.15) is 0 Å². The van der Waals surface area contributed by atoms with Crippen molar-refractivity contribution in [3.8, 4) is 5.69 Å². The van der Waals surface area contributed by atoms with Crippen LogP contribution < -0.4 is 5.32 Å². The number of thioether (sulfide) groups is 1. The minimum atomic E-state index is -0.252. The summed E-state index contributed by atoms with van der Waals surface area (Å²) < 4.78 is 2.13. The third kappa shape index (κ3) is 3.88. The lowest BCUT2D eigenvalue weighted by molar-refractivity contribution is -0.121. The Kier molecular flexibility index (Phi) is 5.34. The fourth-order valence-corrected chi connectivity index (χ4v) is 5.07. The Labute approximate surface area is 181 Å². The predicted octanol–water partition coefficient (Wildman–Crippen LogP) is 4.82. The van der Waals surface area contributed by atoms with E-state index in [1.54, 1.807) is 0 Å². The van der Waals surface area contributed by atoms with Crippen LogP contribution in [0.4, 0.5) is 0 Å². The fourth-order valence-electron chi connectivity index (χ4n) is 4.19. The molecule has 154 valence electrons. The number of carbonyl (C=O) groups excluding carboxylic acids is 1. The number of carbonyl (C=O) groups is 1. The summed E-state index contributed by atoms with van der Waals surface area (Å²) in [7, 11) is 0. The number of rotatable bonds is 6. The van der Waals surface area contributed by atoms with Gasteiger partial charge in [-0.15, -0.1) is 10.2 Å². The normalized spacial score (nSPS) is 19.2. The lowest BCUT2D eigenvalue weighted by Crippen LogP contribution is -2.36. The molecule has 0 saturated heterocycles. The highest BCUT2D eigenvalue weighted by Gasteiger charge is 2.32. The monoisotopic (exact) mass is 418 g/mol. The van der Waals surface area contributed by atoms with Crippen molar-refractivity contribution in [1.82, 2.24) is 20.1 Å². The van der Waals surface area contributed by atoms with Crippen molar-refractivity contribution in [3.05, 3.63) is 71.5 Å². The molecule has 0 bridgehead atoms. The van der Waals surface area contributed by atoms with Gasteiger partial charge in [0, 0.05) is 11.6 Å². The van der Waals surface area contributed by atoms with Gasteiger partial charge in [0.25, 0.3) is 0 Å². The number of aryl methyl sites for hydroxylation is 1. The van der Waals surface area contributed by atoms with E-state index in [0.29, 0.717) is 5.92 Å². The van der Waals surface area contributed by atoms with Crippen molar-refractivity contribution < 1.29 is 4.79 Å². The number of amides is 1. The van der Waals surface area contributed by atoms with E-state index in [2.05, 4.69) is 56.5 Å². The summed E-state index contributed by atoms with van der Waals surface area (Å²) in [5.41, 5.74) is 3.67. The molecule has 1 heterocycles. The van der Waals surface area contributed by atoms with Gasteiger partial charge in [0.1, 0.15) is 5.82 Å². The van der Waals surface area contributed by atoms with E-state index in [1.165, 1.54) is 22.9 Å². The molecule has 0 unspecified atom stereocenters. The number of benzene rings is 2. The predicted molar refractivity (Wildman–Crippen MR) is 119 cm³/mol. The van der Waals surface area contributed by atoms with Gasteiger partial charge in [-0.3, -0.25) is 9.36 Å². The van der Waals surface area contributed by atoms with Gasteiger partial charge in [-0.05, 0) is 62.3 Å². The van der Waals surface area contributed by atoms with Crippen LogP contribution in [0.15, 0.2) is 59.8 Å². The summed E-state index contributed by atoms with van der Waals surface area (Å²) in [4.78, 5) is 13.0. The second-order valence-corrected chi connectivity index (χ2v) is 9.51. The molecule has 2 aliphatic rings. The van der Waals surface area contributed by atoms with E-state index < -0.39 is 0 Å². The Morgan fingerprint density at radius 2 is 1.83 bits per heavy atom. The summed E-state index contributed by atoms with van der Waals surface area (Å²) in [5, 5.41) is 12.7. The molecular formula is C24H26N4OS. The first-order valence-electron chi connectivity index (χ1n) is 10.8. The quantitative estimate of drug-likeness (QED) is 0.583. The number of nitrogens with zero attached hydrogens (tertiary/aromatic N) is 3. The summed E-state index contributed by atoms with van der Waals surface area (Å²) in [6.45, 7) is 1.95. The first-order chi connectivity index (χ1) is 14.7. The Morgan fingerprint density at radius 3 is 2.63 bits per heavy atom. The largest absolute Gasteiger partial charge is 0.348 e. The van der Waals surface area contributed by atoms with Crippen LogP contribution in [-0.2, 0) is 11.2 Å². The van der Waals surface area contributed by atoms with Gasteiger partial charge in [0.15, 0.2) is 5.16 Å². The zero-order valence-corrected chi connectivity index (χ0v) is 17.9. The minimum absolute atomic E-state index is 0.0530. The number of aromatic nitrogens is 3. The van der Waals surface area contributed by atoms with Crippen LogP contribution in [-0.4, -0.2) is 25.9 Å². The van der Waals surface area contributed by atoms with Crippen LogP contribution in [0, 0.1) is 0 Å². The molecule has 0 spiro atoms. The molecule has 1 aromatic heterocycles. The highest BCUT2D eigenvalue weighted by molar-refractivity contribution is 8.00. The lowest BCUT2D eigenvalue weighted by Gasteiger charge is -2.27. The summed E-state index contributed by atoms with van der Waals surface area (Å²) >= 11 is 1.49. The Balaban J connectivity index is 1.34. The zero-order chi connectivity index (χ0) is 20.5. The average Bonchev–Trinajstić information content (AvgIpc) is 3.55. The molecule has 5 rings (SSSR count). The van der Waals surface area contributed by atoms with E-state index in [9.17, 15) is 4.79 Å². The van der Waals surface area contributed by atoms with Crippen LogP contribution >= 0.6 is 11.8 Å². The van der Waals surface area contributed by atoms with Crippen LogP contribution in [0.25, 0.3) is 5.69 Å². The molecule has 1 saturated carbocycles. The number of hydrogen-bond donors (Lipinski definition) is 1. The Hall–Kier alpha value is -2.60. The van der Waals surface area contributed by atoms with Crippen molar-refractivity contribution in [2.24, 2.45) is 0 Å². The highest BCUT2D eigenvalue weighted by Crippen LogP contribution is 2.41. The topological polar surface area (TPSA) is 59.8 Å². The van der Waals surface area contributed by atoms with E-state index in [4.69, 9.17) is 0 Å². The standard InChI is InChI=1S/C24H26N4OS/c1-16(23(29)25-21-13-7-9-17-8-5-6-12-20(17)21)30-24-27-26-22(18-14-15-18)28(24)19-10-3-2-4-11-19/h2-6,8,10-12,16,18,21H,7,9,13-15H2,1H3,(H,25,29)/t16-,21-/m1/s1. The van der Waals surface area contributed by atoms with Crippen molar-refractivity contribution >= 4 is 17.7 Å². The van der Waals surface area contributed by atoms with E-state index in [1.807, 2.05) is 25.1 Å². The summed E-state index contributed by atoms with van der Waals surface area (Å²) in [5.74, 6) is 1.55. The molecule has 2 aromatic carbocycles. The summed E-state index contributed by atoms with van der Waals surface area (Å²) in [6.07, 6.45) is 5.51. The molecule has 6 heteroatoms. The average molecular weight is 419 g/mol. The second kappa shape index (κ2) is 8.26.